The fraction of sp³-hybridized carbons (Fsp3) is 0.913. The maximum absolute atomic E-state index is 4.03. The maximum Gasteiger partial charge on any atom is 0.199 e. The zero-order valence-electron chi connectivity index (χ0n) is 17.4. The smallest absolute Gasteiger partial charge is 0.199 e. The van der Waals surface area contributed by atoms with Gasteiger partial charge in [-0.2, -0.15) is 0 Å². The van der Waals surface area contributed by atoms with Crippen LogP contribution in [-0.2, 0) is 0 Å². The highest BCUT2D eigenvalue weighted by Gasteiger charge is 2.50. The summed E-state index contributed by atoms with van der Waals surface area (Å²) in [7, 11) is 0. The summed E-state index contributed by atoms with van der Waals surface area (Å²) in [5.41, 5.74) is 0. The van der Waals surface area contributed by atoms with Crippen molar-refractivity contribution in [3.8, 4) is 0 Å². The molecule has 3 nitrogen and oxygen atoms in total. The summed E-state index contributed by atoms with van der Waals surface area (Å²) < 4.78 is 0. The van der Waals surface area contributed by atoms with Crippen molar-refractivity contribution in [2.24, 2.45) is 0 Å². The van der Waals surface area contributed by atoms with Crippen LogP contribution in [-0.4, -0.2) is 30.5 Å². The fourth-order valence-corrected chi connectivity index (χ4v) is 5.75. The molecule has 3 saturated heterocycles. The molecule has 3 heteroatoms. The van der Waals surface area contributed by atoms with Gasteiger partial charge in [0.25, 0.3) is 0 Å². The average Bonchev–Trinajstić information content (AvgIpc) is 3.05. The van der Waals surface area contributed by atoms with Crippen LogP contribution in [0.25, 0.3) is 0 Å². The Bertz CT molecular complexity index is 422. The predicted octanol–water partition coefficient (Wildman–Crippen LogP) is 3.91. The molecule has 0 bridgehead atoms. The molecule has 0 radical (unpaired) electrons. The van der Waals surface area contributed by atoms with Crippen molar-refractivity contribution in [2.45, 2.75) is 134 Å². The Hall–Kier alpha value is -0.380. The van der Waals surface area contributed by atoms with Gasteiger partial charge in [-0.25, -0.2) is 0 Å². The lowest BCUT2D eigenvalue weighted by Crippen LogP contribution is -3.26. The molecule has 3 N–H and O–H groups in total. The third-order valence-electron chi connectivity index (χ3n) is 7.06. The zero-order chi connectivity index (χ0) is 18.2. The van der Waals surface area contributed by atoms with E-state index in [1.165, 1.54) is 89.9 Å². The number of rotatable bonds is 11. The van der Waals surface area contributed by atoms with Gasteiger partial charge in [0.2, 0.25) is 0 Å². The van der Waals surface area contributed by atoms with E-state index in [2.05, 4.69) is 36.6 Å². The summed E-state index contributed by atoms with van der Waals surface area (Å²) in [5.74, 6) is 0. The standard InChI is InChI=1S/C23H43N3/c1-3-5-7-9-11-13-19-17-21-15-16-22-18-20(14-12-10-8-6-4-2)25-23(24-19)26(21)22/h5,7,19-25H,3-4,6,8-18H2,1-2H3/p+1/b7-5+/t19-,20-,21+,22-,23?/m1/s1. The van der Waals surface area contributed by atoms with E-state index in [4.69, 9.17) is 0 Å². The Morgan fingerprint density at radius 1 is 0.808 bits per heavy atom. The van der Waals surface area contributed by atoms with E-state index >= 15 is 0 Å². The largest absolute Gasteiger partial charge is 0.302 e. The second-order valence-electron chi connectivity index (χ2n) is 9.12. The van der Waals surface area contributed by atoms with Crippen LogP contribution in [0.3, 0.4) is 0 Å². The van der Waals surface area contributed by atoms with Gasteiger partial charge in [0.15, 0.2) is 6.29 Å². The maximum atomic E-state index is 4.03. The van der Waals surface area contributed by atoms with Crippen LogP contribution in [0.5, 0.6) is 0 Å². The minimum atomic E-state index is 0.534. The second kappa shape index (κ2) is 10.8. The van der Waals surface area contributed by atoms with Crippen LogP contribution in [0.15, 0.2) is 12.2 Å². The monoisotopic (exact) mass is 362 g/mol. The number of quaternary nitrogens is 1. The molecule has 0 saturated carbocycles. The van der Waals surface area contributed by atoms with Gasteiger partial charge in [-0.15, -0.1) is 0 Å². The third-order valence-corrected chi connectivity index (χ3v) is 7.06. The summed E-state index contributed by atoms with van der Waals surface area (Å²) >= 11 is 0. The topological polar surface area (TPSA) is 28.5 Å². The highest BCUT2D eigenvalue weighted by Crippen LogP contribution is 2.24. The Morgan fingerprint density at radius 2 is 1.46 bits per heavy atom. The van der Waals surface area contributed by atoms with E-state index < -0.39 is 0 Å². The van der Waals surface area contributed by atoms with Crippen LogP contribution < -0.4 is 15.5 Å². The number of nitrogens with one attached hydrogen (secondary N) is 3. The van der Waals surface area contributed by atoms with E-state index in [-0.39, 0.29) is 0 Å². The fourth-order valence-electron chi connectivity index (χ4n) is 5.75. The molecule has 3 aliphatic rings. The van der Waals surface area contributed by atoms with Gasteiger partial charge in [-0.1, -0.05) is 58.1 Å². The Balaban J connectivity index is 1.44. The molecule has 2 unspecified atom stereocenters. The minimum absolute atomic E-state index is 0.534. The first-order chi connectivity index (χ1) is 12.8. The van der Waals surface area contributed by atoms with Gasteiger partial charge in [-0.3, -0.25) is 10.6 Å². The van der Waals surface area contributed by atoms with Gasteiger partial charge >= 0.3 is 0 Å². The van der Waals surface area contributed by atoms with Gasteiger partial charge in [0, 0.05) is 37.8 Å². The molecule has 26 heavy (non-hydrogen) atoms. The molecule has 0 spiro atoms. The molecular weight excluding hydrogens is 318 g/mol. The molecule has 6 atom stereocenters. The predicted molar refractivity (Wildman–Crippen MR) is 111 cm³/mol. The van der Waals surface area contributed by atoms with Crippen LogP contribution in [0.1, 0.15) is 104 Å². The van der Waals surface area contributed by atoms with E-state index in [9.17, 15) is 0 Å². The van der Waals surface area contributed by atoms with Gasteiger partial charge in [-0.05, 0) is 32.1 Å². The zero-order valence-corrected chi connectivity index (χ0v) is 17.4. The van der Waals surface area contributed by atoms with E-state index in [0.29, 0.717) is 6.29 Å². The molecule has 0 amide bonds. The second-order valence-corrected chi connectivity index (χ2v) is 9.12. The summed E-state index contributed by atoms with van der Waals surface area (Å²) in [4.78, 5) is 1.87. The highest BCUT2D eigenvalue weighted by molar-refractivity contribution is 4.90. The van der Waals surface area contributed by atoms with Crippen molar-refractivity contribution >= 4 is 0 Å². The van der Waals surface area contributed by atoms with Crippen molar-refractivity contribution in [3.05, 3.63) is 12.2 Å². The normalized spacial score (nSPS) is 36.5. The first-order valence-electron chi connectivity index (χ1n) is 11.9. The van der Waals surface area contributed by atoms with Crippen molar-refractivity contribution in [2.75, 3.05) is 0 Å². The Morgan fingerprint density at radius 3 is 2.12 bits per heavy atom. The number of allylic oxidation sites excluding steroid dienone is 2. The SMILES string of the molecule is CC/C=C/CCC[C@@H]1C[C@@H]2CC[C@@H]3C[C@@H](CCCCCCC)NC(N1)[NH+]32. The van der Waals surface area contributed by atoms with Crippen LogP contribution in [0.4, 0.5) is 0 Å². The lowest BCUT2D eigenvalue weighted by atomic mass is 9.95. The van der Waals surface area contributed by atoms with Crippen molar-refractivity contribution < 1.29 is 4.90 Å². The summed E-state index contributed by atoms with van der Waals surface area (Å²) in [6.07, 6.45) is 24.6. The molecule has 0 aliphatic carbocycles. The molecule has 3 heterocycles. The average molecular weight is 363 g/mol. The van der Waals surface area contributed by atoms with Crippen molar-refractivity contribution in [1.29, 1.82) is 0 Å². The molecule has 3 fully saturated rings. The van der Waals surface area contributed by atoms with E-state index in [0.717, 1.165) is 24.2 Å². The lowest BCUT2D eigenvalue weighted by Gasteiger charge is -2.47. The highest BCUT2D eigenvalue weighted by atomic mass is 15.5. The minimum Gasteiger partial charge on any atom is -0.302 e. The first kappa shape index (κ1) is 20.4. The number of hydrogen-bond acceptors (Lipinski definition) is 2. The summed E-state index contributed by atoms with van der Waals surface area (Å²) in [6, 6.07) is 3.33. The summed E-state index contributed by atoms with van der Waals surface area (Å²) in [6.45, 7) is 4.53. The molecule has 0 aromatic rings. The van der Waals surface area contributed by atoms with E-state index in [1.54, 1.807) is 0 Å². The first-order valence-corrected chi connectivity index (χ1v) is 11.9. The number of unbranched alkanes of at least 4 members (excludes halogenated alkanes) is 5. The van der Waals surface area contributed by atoms with Crippen LogP contribution in [0.2, 0.25) is 0 Å². The van der Waals surface area contributed by atoms with Gasteiger partial charge in [0.05, 0.1) is 12.1 Å². The summed E-state index contributed by atoms with van der Waals surface area (Å²) in [5, 5.41) is 8.04. The molecule has 150 valence electrons. The molecule has 0 aromatic carbocycles. The van der Waals surface area contributed by atoms with Crippen LogP contribution >= 0.6 is 0 Å². The molecular formula is C23H44N3+. The van der Waals surface area contributed by atoms with Crippen molar-refractivity contribution in [1.82, 2.24) is 10.6 Å². The molecule has 0 aromatic heterocycles. The van der Waals surface area contributed by atoms with E-state index in [1.807, 2.05) is 4.90 Å². The van der Waals surface area contributed by atoms with Gasteiger partial charge < -0.3 is 4.90 Å². The number of hydrogen-bond donors (Lipinski definition) is 3. The van der Waals surface area contributed by atoms with Crippen LogP contribution in [0, 0.1) is 0 Å². The van der Waals surface area contributed by atoms with Crippen molar-refractivity contribution in [3.63, 3.8) is 0 Å². The molecule has 3 aliphatic heterocycles. The third kappa shape index (κ3) is 5.56. The Labute approximate surface area is 162 Å². The van der Waals surface area contributed by atoms with Gasteiger partial charge in [0.1, 0.15) is 0 Å². The quantitative estimate of drug-likeness (QED) is 0.384. The lowest BCUT2D eigenvalue weighted by molar-refractivity contribution is -0.977. The Kier molecular flexibility index (Phi) is 8.48. The molecule has 3 rings (SSSR count).